The third-order valence-electron chi connectivity index (χ3n) is 5.58. The molecule has 3 N–H and O–H groups in total. The number of H-pyrrole nitrogens is 2. The minimum atomic E-state index is -0.283. The molecule has 0 aliphatic rings. The second-order valence-electron chi connectivity index (χ2n) is 7.95. The van der Waals surface area contributed by atoms with Crippen LogP contribution in [-0.4, -0.2) is 35.2 Å². The summed E-state index contributed by atoms with van der Waals surface area (Å²) in [5.41, 5.74) is 7.49. The Morgan fingerprint density at radius 3 is 2.61 bits per heavy atom. The SMILES string of the molecule is Cc1cc(F)cc(-c2cncc3[nH]c(-c4n[nH]c5ccc(-c6cncc(O)c6)nc45)cc23)c1. The van der Waals surface area contributed by atoms with Gasteiger partial charge in [0.1, 0.15) is 22.8 Å². The number of benzene rings is 1. The maximum atomic E-state index is 14.0. The number of nitrogens with zero attached hydrogens (tertiary/aromatic N) is 4. The monoisotopic (exact) mass is 436 g/mol. The van der Waals surface area contributed by atoms with Crippen LogP contribution in [0.1, 0.15) is 5.56 Å². The van der Waals surface area contributed by atoms with Gasteiger partial charge in [-0.1, -0.05) is 6.07 Å². The van der Waals surface area contributed by atoms with E-state index < -0.39 is 0 Å². The number of aryl methyl sites for hydroxylation is 1. The number of aromatic hydroxyl groups is 1. The van der Waals surface area contributed by atoms with Crippen LogP contribution in [-0.2, 0) is 0 Å². The highest BCUT2D eigenvalue weighted by atomic mass is 19.1. The number of fused-ring (bicyclic) bond motifs is 2. The smallest absolute Gasteiger partial charge is 0.135 e. The first kappa shape index (κ1) is 19.1. The van der Waals surface area contributed by atoms with E-state index in [-0.39, 0.29) is 11.6 Å². The Bertz CT molecular complexity index is 1650. The molecule has 6 aromatic rings. The van der Waals surface area contributed by atoms with Crippen LogP contribution in [0.3, 0.4) is 0 Å². The molecule has 7 nitrogen and oxygen atoms in total. The van der Waals surface area contributed by atoms with E-state index in [1.807, 2.05) is 31.2 Å². The Morgan fingerprint density at radius 1 is 0.879 bits per heavy atom. The zero-order valence-corrected chi connectivity index (χ0v) is 17.5. The lowest BCUT2D eigenvalue weighted by molar-refractivity contribution is 0.473. The molecule has 0 unspecified atom stereocenters. The van der Waals surface area contributed by atoms with Gasteiger partial charge < -0.3 is 10.1 Å². The fourth-order valence-electron chi connectivity index (χ4n) is 4.12. The van der Waals surface area contributed by atoms with E-state index in [1.165, 1.54) is 18.3 Å². The van der Waals surface area contributed by atoms with Crippen LogP contribution in [0.2, 0.25) is 0 Å². The fraction of sp³-hybridized carbons (Fsp3) is 0.0400. The third kappa shape index (κ3) is 3.28. The van der Waals surface area contributed by atoms with Crippen LogP contribution in [0.5, 0.6) is 5.75 Å². The van der Waals surface area contributed by atoms with Gasteiger partial charge in [0.15, 0.2) is 0 Å². The highest BCUT2D eigenvalue weighted by molar-refractivity contribution is 6.00. The molecule has 160 valence electrons. The number of aromatic amines is 2. The van der Waals surface area contributed by atoms with Crippen molar-refractivity contribution in [1.82, 2.24) is 30.1 Å². The third-order valence-corrected chi connectivity index (χ3v) is 5.58. The van der Waals surface area contributed by atoms with Gasteiger partial charge in [0.2, 0.25) is 0 Å². The standard InChI is InChI=1S/C25H17FN6O/c1-13-4-14(6-16(26)5-13)19-11-28-12-23-18(19)8-22(29-23)25-24-21(31-32-25)3-2-20(30-24)15-7-17(33)10-27-9-15/h2-12,29,33H,1H3,(H,31,32). The van der Waals surface area contributed by atoms with E-state index in [0.29, 0.717) is 22.5 Å². The van der Waals surface area contributed by atoms with Crippen LogP contribution in [0.4, 0.5) is 4.39 Å². The van der Waals surface area contributed by atoms with Gasteiger partial charge in [-0.15, -0.1) is 0 Å². The van der Waals surface area contributed by atoms with E-state index in [2.05, 4.69) is 25.1 Å². The molecule has 0 atom stereocenters. The van der Waals surface area contributed by atoms with Crippen molar-refractivity contribution in [3.63, 3.8) is 0 Å². The first-order valence-electron chi connectivity index (χ1n) is 10.3. The molecule has 0 radical (unpaired) electrons. The fourth-order valence-corrected chi connectivity index (χ4v) is 4.12. The highest BCUT2D eigenvalue weighted by Gasteiger charge is 2.16. The first-order chi connectivity index (χ1) is 16.0. The molecule has 6 rings (SSSR count). The summed E-state index contributed by atoms with van der Waals surface area (Å²) in [6.07, 6.45) is 6.50. The molecule has 0 aliphatic heterocycles. The Balaban J connectivity index is 1.51. The van der Waals surface area contributed by atoms with Crippen LogP contribution in [0, 0.1) is 12.7 Å². The zero-order chi connectivity index (χ0) is 22.5. The van der Waals surface area contributed by atoms with Gasteiger partial charge in [-0.05, 0) is 54.4 Å². The summed E-state index contributed by atoms with van der Waals surface area (Å²) in [6.45, 7) is 1.86. The van der Waals surface area contributed by atoms with E-state index in [4.69, 9.17) is 4.98 Å². The molecule has 1 aromatic carbocycles. The predicted octanol–water partition coefficient (Wildman–Crippen LogP) is 5.38. The van der Waals surface area contributed by atoms with Crippen molar-refractivity contribution in [2.45, 2.75) is 6.92 Å². The summed E-state index contributed by atoms with van der Waals surface area (Å²) in [5.74, 6) is -0.209. The van der Waals surface area contributed by atoms with E-state index in [9.17, 15) is 9.50 Å². The molecule has 33 heavy (non-hydrogen) atoms. The van der Waals surface area contributed by atoms with Crippen molar-refractivity contribution in [2.24, 2.45) is 0 Å². The number of pyridine rings is 3. The quantitative estimate of drug-likeness (QED) is 0.345. The highest BCUT2D eigenvalue weighted by Crippen LogP contribution is 2.34. The molecule has 0 saturated heterocycles. The molecule has 0 bridgehead atoms. The lowest BCUT2D eigenvalue weighted by Crippen LogP contribution is -1.87. The molecule has 8 heteroatoms. The van der Waals surface area contributed by atoms with Crippen molar-refractivity contribution < 1.29 is 9.50 Å². The summed E-state index contributed by atoms with van der Waals surface area (Å²) in [7, 11) is 0. The molecule has 0 amide bonds. The predicted molar refractivity (Wildman–Crippen MR) is 124 cm³/mol. The average molecular weight is 436 g/mol. The van der Waals surface area contributed by atoms with Crippen LogP contribution in [0.25, 0.3) is 55.7 Å². The Kier molecular flexibility index (Phi) is 4.19. The molecule has 0 aliphatic carbocycles. The second kappa shape index (κ2) is 7.23. The first-order valence-corrected chi connectivity index (χ1v) is 10.3. The number of rotatable bonds is 3. The van der Waals surface area contributed by atoms with E-state index >= 15 is 0 Å². The lowest BCUT2D eigenvalue weighted by atomic mass is 10.0. The van der Waals surface area contributed by atoms with Crippen molar-refractivity contribution in [1.29, 1.82) is 0 Å². The zero-order valence-electron chi connectivity index (χ0n) is 17.5. The minimum Gasteiger partial charge on any atom is -0.506 e. The van der Waals surface area contributed by atoms with Crippen molar-refractivity contribution in [3.05, 3.63) is 78.6 Å². The van der Waals surface area contributed by atoms with Crippen molar-refractivity contribution in [2.75, 3.05) is 0 Å². The van der Waals surface area contributed by atoms with Gasteiger partial charge in [-0.25, -0.2) is 9.37 Å². The summed E-state index contributed by atoms with van der Waals surface area (Å²) >= 11 is 0. The molecular formula is C25H17FN6O. The number of hydrogen-bond donors (Lipinski definition) is 3. The number of halogens is 1. The molecule has 5 aromatic heterocycles. The summed E-state index contributed by atoms with van der Waals surface area (Å²) < 4.78 is 14.0. The largest absolute Gasteiger partial charge is 0.506 e. The lowest BCUT2D eigenvalue weighted by Gasteiger charge is -2.05. The Hall–Kier alpha value is -4.59. The van der Waals surface area contributed by atoms with Gasteiger partial charge >= 0.3 is 0 Å². The maximum absolute atomic E-state index is 14.0. The maximum Gasteiger partial charge on any atom is 0.135 e. The van der Waals surface area contributed by atoms with Gasteiger partial charge in [-0.2, -0.15) is 5.10 Å². The van der Waals surface area contributed by atoms with Gasteiger partial charge in [0.25, 0.3) is 0 Å². The average Bonchev–Trinajstić information content (AvgIpc) is 3.41. The molecule has 5 heterocycles. The van der Waals surface area contributed by atoms with Gasteiger partial charge in [-0.3, -0.25) is 15.1 Å². The number of nitrogens with one attached hydrogen (secondary N) is 2. The molecule has 0 saturated carbocycles. The molecule has 0 spiro atoms. The Labute approximate surface area is 187 Å². The summed E-state index contributed by atoms with van der Waals surface area (Å²) in [4.78, 5) is 16.5. The van der Waals surface area contributed by atoms with Gasteiger partial charge in [0.05, 0.1) is 34.8 Å². The van der Waals surface area contributed by atoms with Crippen LogP contribution < -0.4 is 0 Å². The minimum absolute atomic E-state index is 0.0741. The molecular weight excluding hydrogens is 419 g/mol. The summed E-state index contributed by atoms with van der Waals surface area (Å²) in [6, 6.07) is 12.3. The topological polar surface area (TPSA) is 103 Å². The van der Waals surface area contributed by atoms with E-state index in [1.54, 1.807) is 24.7 Å². The number of aromatic nitrogens is 6. The normalized spacial score (nSPS) is 11.5. The number of hydrogen-bond acceptors (Lipinski definition) is 5. The van der Waals surface area contributed by atoms with Crippen molar-refractivity contribution in [3.8, 4) is 39.5 Å². The van der Waals surface area contributed by atoms with Crippen molar-refractivity contribution >= 4 is 21.9 Å². The molecule has 0 fully saturated rings. The van der Waals surface area contributed by atoms with Crippen LogP contribution >= 0.6 is 0 Å². The Morgan fingerprint density at radius 2 is 1.76 bits per heavy atom. The van der Waals surface area contributed by atoms with Crippen LogP contribution in [0.15, 0.2) is 67.3 Å². The summed E-state index contributed by atoms with van der Waals surface area (Å²) in [5, 5.41) is 18.2. The van der Waals surface area contributed by atoms with Gasteiger partial charge in [0, 0.05) is 28.9 Å². The second-order valence-corrected chi connectivity index (χ2v) is 7.95. The van der Waals surface area contributed by atoms with E-state index in [0.717, 1.165) is 38.8 Å².